The topological polar surface area (TPSA) is 114 Å². The number of hydrogen-bond donors (Lipinski definition) is 3. The Labute approximate surface area is 133 Å². The van der Waals surface area contributed by atoms with E-state index in [0.717, 1.165) is 0 Å². The van der Waals surface area contributed by atoms with Crippen LogP contribution in [-0.2, 0) is 23.8 Å². The lowest BCUT2D eigenvalue weighted by atomic mass is 9.81. The predicted octanol–water partition coefficient (Wildman–Crippen LogP) is -0.947. The van der Waals surface area contributed by atoms with Gasteiger partial charge in [0.15, 0.2) is 0 Å². The van der Waals surface area contributed by atoms with E-state index < -0.39 is 47.7 Å². The van der Waals surface area contributed by atoms with Gasteiger partial charge >= 0.3 is 0 Å². The molecule has 3 fully saturated rings. The summed E-state index contributed by atoms with van der Waals surface area (Å²) in [5, 5.41) is 23.6. The monoisotopic (exact) mass is 327 g/mol. The highest BCUT2D eigenvalue weighted by molar-refractivity contribution is 5.97. The maximum atomic E-state index is 11.5. The minimum Gasteiger partial charge on any atom is -0.387 e. The van der Waals surface area contributed by atoms with Crippen molar-refractivity contribution in [3.63, 3.8) is 0 Å². The summed E-state index contributed by atoms with van der Waals surface area (Å²) in [6, 6.07) is 0. The molecule has 8 nitrogen and oxygen atoms in total. The van der Waals surface area contributed by atoms with Crippen molar-refractivity contribution in [2.24, 2.45) is 11.8 Å². The van der Waals surface area contributed by atoms with Gasteiger partial charge in [-0.1, -0.05) is 13.5 Å². The van der Waals surface area contributed by atoms with E-state index in [1.807, 2.05) is 0 Å². The highest BCUT2D eigenvalue weighted by atomic mass is 16.7. The van der Waals surface area contributed by atoms with Crippen molar-refractivity contribution < 1.29 is 34.0 Å². The summed E-state index contributed by atoms with van der Waals surface area (Å²) in [7, 11) is 0. The minimum absolute atomic E-state index is 0.0712. The number of amides is 2. The molecule has 3 rings (SSSR count). The van der Waals surface area contributed by atoms with E-state index in [0.29, 0.717) is 5.57 Å². The molecular weight excluding hydrogens is 306 g/mol. The third-order valence-electron chi connectivity index (χ3n) is 4.92. The van der Waals surface area contributed by atoms with Crippen LogP contribution >= 0.6 is 0 Å². The number of aliphatic hydroxyl groups is 2. The summed E-state index contributed by atoms with van der Waals surface area (Å²) in [5.41, 5.74) is 0.707. The molecule has 0 saturated carbocycles. The second-order valence-electron chi connectivity index (χ2n) is 6.39. The van der Waals surface area contributed by atoms with Gasteiger partial charge in [0.05, 0.1) is 12.7 Å². The molecule has 2 unspecified atom stereocenters. The molecule has 0 spiro atoms. The molecule has 3 N–H and O–H groups in total. The SMILES string of the molecule is C=C1CO[C@](O)(C2OCOC(C3CC(=O)NC(=O)C3)[C@@H]2O)[C@H]1C. The zero-order valence-corrected chi connectivity index (χ0v) is 12.9. The zero-order valence-electron chi connectivity index (χ0n) is 12.9. The van der Waals surface area contributed by atoms with Crippen molar-refractivity contribution in [1.29, 1.82) is 0 Å². The molecule has 3 heterocycles. The van der Waals surface area contributed by atoms with Crippen molar-refractivity contribution in [1.82, 2.24) is 5.32 Å². The van der Waals surface area contributed by atoms with Crippen LogP contribution in [0.15, 0.2) is 12.2 Å². The molecule has 0 bridgehead atoms. The molecule has 3 aliphatic rings. The summed E-state index contributed by atoms with van der Waals surface area (Å²) >= 11 is 0. The zero-order chi connectivity index (χ0) is 16.8. The van der Waals surface area contributed by atoms with Crippen LogP contribution in [-0.4, -0.2) is 59.5 Å². The lowest BCUT2D eigenvalue weighted by molar-refractivity contribution is -0.338. The summed E-state index contributed by atoms with van der Waals surface area (Å²) in [6.45, 7) is 5.59. The molecule has 23 heavy (non-hydrogen) atoms. The first-order valence-electron chi connectivity index (χ1n) is 7.61. The van der Waals surface area contributed by atoms with E-state index in [-0.39, 0.29) is 26.2 Å². The van der Waals surface area contributed by atoms with Crippen LogP contribution in [0.3, 0.4) is 0 Å². The van der Waals surface area contributed by atoms with E-state index >= 15 is 0 Å². The van der Waals surface area contributed by atoms with Gasteiger partial charge in [0, 0.05) is 24.7 Å². The first kappa shape index (κ1) is 16.5. The highest BCUT2D eigenvalue weighted by Crippen LogP contribution is 2.41. The molecule has 3 aliphatic heterocycles. The Balaban J connectivity index is 1.78. The lowest BCUT2D eigenvalue weighted by Crippen LogP contribution is -2.62. The van der Waals surface area contributed by atoms with Crippen LogP contribution in [0.1, 0.15) is 19.8 Å². The molecule has 2 amide bonds. The van der Waals surface area contributed by atoms with Gasteiger partial charge in [-0.25, -0.2) is 0 Å². The second-order valence-corrected chi connectivity index (χ2v) is 6.39. The van der Waals surface area contributed by atoms with E-state index in [4.69, 9.17) is 14.2 Å². The van der Waals surface area contributed by atoms with Gasteiger partial charge in [-0.15, -0.1) is 0 Å². The Morgan fingerprint density at radius 3 is 2.48 bits per heavy atom. The van der Waals surface area contributed by atoms with Crippen molar-refractivity contribution in [3.05, 3.63) is 12.2 Å². The molecule has 5 atom stereocenters. The van der Waals surface area contributed by atoms with Gasteiger partial charge in [0.1, 0.15) is 19.0 Å². The first-order valence-corrected chi connectivity index (χ1v) is 7.61. The van der Waals surface area contributed by atoms with Crippen molar-refractivity contribution in [2.75, 3.05) is 13.4 Å². The smallest absolute Gasteiger partial charge is 0.226 e. The van der Waals surface area contributed by atoms with Gasteiger partial charge < -0.3 is 24.4 Å². The first-order chi connectivity index (χ1) is 10.8. The number of nitrogens with one attached hydrogen (secondary N) is 1. The third-order valence-corrected chi connectivity index (χ3v) is 4.92. The predicted molar refractivity (Wildman–Crippen MR) is 75.7 cm³/mol. The van der Waals surface area contributed by atoms with Crippen LogP contribution in [0, 0.1) is 11.8 Å². The Hall–Kier alpha value is -1.32. The van der Waals surface area contributed by atoms with E-state index in [9.17, 15) is 19.8 Å². The number of aliphatic hydroxyl groups excluding tert-OH is 1. The Morgan fingerprint density at radius 2 is 1.91 bits per heavy atom. The van der Waals surface area contributed by atoms with Gasteiger partial charge in [0.2, 0.25) is 17.6 Å². The van der Waals surface area contributed by atoms with Crippen LogP contribution in [0.5, 0.6) is 0 Å². The number of hydrogen-bond acceptors (Lipinski definition) is 7. The quantitative estimate of drug-likeness (QED) is 0.443. The summed E-state index contributed by atoms with van der Waals surface area (Å²) in [6.07, 6.45) is -2.93. The fourth-order valence-corrected chi connectivity index (χ4v) is 3.46. The van der Waals surface area contributed by atoms with Crippen molar-refractivity contribution in [2.45, 2.75) is 43.9 Å². The van der Waals surface area contributed by atoms with Crippen LogP contribution in [0.2, 0.25) is 0 Å². The Morgan fingerprint density at radius 1 is 1.26 bits per heavy atom. The molecule has 128 valence electrons. The average Bonchev–Trinajstić information content (AvgIpc) is 2.75. The van der Waals surface area contributed by atoms with E-state index in [1.54, 1.807) is 6.92 Å². The van der Waals surface area contributed by atoms with E-state index in [1.165, 1.54) is 0 Å². The number of imide groups is 1. The molecule has 0 aromatic rings. The van der Waals surface area contributed by atoms with Crippen LogP contribution in [0.25, 0.3) is 0 Å². The number of piperidine rings is 1. The second kappa shape index (κ2) is 5.95. The maximum absolute atomic E-state index is 11.5. The largest absolute Gasteiger partial charge is 0.387 e. The summed E-state index contributed by atoms with van der Waals surface area (Å²) in [5.74, 6) is -3.40. The molecule has 0 radical (unpaired) electrons. The fraction of sp³-hybridized carbons (Fsp3) is 0.733. The molecule has 0 aromatic carbocycles. The van der Waals surface area contributed by atoms with Crippen LogP contribution in [0.4, 0.5) is 0 Å². The van der Waals surface area contributed by atoms with E-state index in [2.05, 4.69) is 11.9 Å². The van der Waals surface area contributed by atoms with Gasteiger partial charge in [-0.2, -0.15) is 0 Å². The standard InChI is InChI=1S/C15H21NO7/c1-7-5-23-15(20,8(7)2)14-12(19)13(21-6-22-14)9-3-10(17)16-11(18)4-9/h8-9,12-14,19-20H,1,3-6H2,2H3,(H,16,17,18)/t8-,12-,13?,14?,15-/m0/s1. The Bertz CT molecular complexity index is 520. The molecular formula is C15H21NO7. The average molecular weight is 327 g/mol. The number of carbonyl (C=O) groups is 2. The molecule has 0 aromatic heterocycles. The fourth-order valence-electron chi connectivity index (χ4n) is 3.46. The molecule has 3 saturated heterocycles. The lowest BCUT2D eigenvalue weighted by Gasteiger charge is -2.45. The number of ether oxygens (including phenoxy) is 3. The maximum Gasteiger partial charge on any atom is 0.226 e. The number of rotatable bonds is 2. The highest BCUT2D eigenvalue weighted by Gasteiger charge is 2.56. The molecule has 0 aliphatic carbocycles. The summed E-state index contributed by atoms with van der Waals surface area (Å²) in [4.78, 5) is 23.1. The Kier molecular flexibility index (Phi) is 4.28. The van der Waals surface area contributed by atoms with Gasteiger partial charge in [-0.05, 0) is 5.57 Å². The van der Waals surface area contributed by atoms with Gasteiger partial charge in [0.25, 0.3) is 0 Å². The number of carbonyl (C=O) groups excluding carboxylic acids is 2. The van der Waals surface area contributed by atoms with Crippen molar-refractivity contribution in [3.8, 4) is 0 Å². The summed E-state index contributed by atoms with van der Waals surface area (Å²) < 4.78 is 16.2. The normalized spacial score (nSPS) is 42.8. The third kappa shape index (κ3) is 2.81. The molecule has 8 heteroatoms. The minimum atomic E-state index is -1.71. The van der Waals surface area contributed by atoms with Crippen LogP contribution < -0.4 is 5.32 Å². The van der Waals surface area contributed by atoms with Gasteiger partial charge in [-0.3, -0.25) is 14.9 Å². The van der Waals surface area contributed by atoms with Crippen molar-refractivity contribution >= 4 is 11.8 Å².